The van der Waals surface area contributed by atoms with Crippen molar-refractivity contribution in [2.24, 2.45) is 0 Å². The van der Waals surface area contributed by atoms with Crippen LogP contribution in [-0.4, -0.2) is 22.4 Å². The zero-order valence-corrected chi connectivity index (χ0v) is 10.7. The Bertz CT molecular complexity index is 702. The summed E-state index contributed by atoms with van der Waals surface area (Å²) in [6.07, 6.45) is 0. The van der Waals surface area contributed by atoms with Crippen LogP contribution in [0.25, 0.3) is 23.0 Å². The number of anilines is 1. The molecule has 3 rings (SSSR count). The van der Waals surface area contributed by atoms with E-state index in [1.807, 2.05) is 12.1 Å². The van der Waals surface area contributed by atoms with Gasteiger partial charge in [-0.2, -0.15) is 4.98 Å². The Morgan fingerprint density at radius 2 is 1.95 bits per heavy atom. The average molecular weight is 272 g/mol. The molecule has 0 aliphatic carbocycles. The van der Waals surface area contributed by atoms with Gasteiger partial charge < -0.3 is 19.5 Å². The van der Waals surface area contributed by atoms with Gasteiger partial charge in [-0.3, -0.25) is 0 Å². The first-order valence-electron chi connectivity index (χ1n) is 5.91. The molecule has 102 valence electrons. The Balaban J connectivity index is 1.87. The number of nitrogens with two attached hydrogens (primary N) is 1. The summed E-state index contributed by atoms with van der Waals surface area (Å²) < 4.78 is 15.2. The Labute approximate surface area is 114 Å². The summed E-state index contributed by atoms with van der Waals surface area (Å²) in [6.45, 7) is 0.339. The summed E-state index contributed by atoms with van der Waals surface area (Å²) >= 11 is 0. The molecule has 0 bridgehead atoms. The highest BCUT2D eigenvalue weighted by Crippen LogP contribution is 2.22. The second-order valence-corrected chi connectivity index (χ2v) is 4.16. The molecule has 0 spiro atoms. The number of benzene rings is 1. The first kappa shape index (κ1) is 12.4. The monoisotopic (exact) mass is 272 g/mol. The minimum absolute atomic E-state index is 0.294. The smallest absolute Gasteiger partial charge is 0.280 e. The number of methoxy groups -OCH3 is 1. The summed E-state index contributed by atoms with van der Waals surface area (Å²) in [5, 5.41) is 7.76. The fourth-order valence-electron chi connectivity index (χ4n) is 1.70. The van der Waals surface area contributed by atoms with Crippen LogP contribution in [0.1, 0.15) is 5.76 Å². The van der Waals surface area contributed by atoms with Crippen molar-refractivity contribution < 1.29 is 13.8 Å². The Kier molecular flexibility index (Phi) is 3.18. The van der Waals surface area contributed by atoms with Gasteiger partial charge in [0, 0.05) is 24.4 Å². The highest BCUT2D eigenvalue weighted by Gasteiger charge is 2.14. The third-order valence-corrected chi connectivity index (χ3v) is 2.66. The minimum atomic E-state index is 0.294. The van der Waals surface area contributed by atoms with Crippen molar-refractivity contribution in [3.8, 4) is 23.0 Å². The highest BCUT2D eigenvalue weighted by atomic mass is 16.5. The van der Waals surface area contributed by atoms with Gasteiger partial charge in [0.25, 0.3) is 5.89 Å². The lowest BCUT2D eigenvalue weighted by Gasteiger charge is -1.94. The molecule has 0 aliphatic heterocycles. The fraction of sp³-hybridized carbons (Fsp3) is 0.154. The van der Waals surface area contributed by atoms with Crippen molar-refractivity contribution in [1.29, 1.82) is 0 Å². The van der Waals surface area contributed by atoms with Crippen molar-refractivity contribution in [1.82, 2.24) is 15.3 Å². The van der Waals surface area contributed by atoms with Crippen LogP contribution < -0.4 is 5.73 Å². The van der Waals surface area contributed by atoms with Crippen LogP contribution in [0.3, 0.4) is 0 Å². The molecule has 2 N–H and O–H groups in total. The predicted molar refractivity (Wildman–Crippen MR) is 70.4 cm³/mol. The fourth-order valence-corrected chi connectivity index (χ4v) is 1.70. The van der Waals surface area contributed by atoms with E-state index in [9.17, 15) is 0 Å². The van der Waals surface area contributed by atoms with Gasteiger partial charge >= 0.3 is 0 Å². The lowest BCUT2D eigenvalue weighted by Crippen LogP contribution is -1.85. The number of aromatic nitrogens is 3. The Morgan fingerprint density at radius 3 is 2.70 bits per heavy atom. The molecule has 0 radical (unpaired) electrons. The standard InChI is InChI=1S/C13H12N4O3/c1-18-7-10-6-11(16-19-10)13-15-12(17-20-13)8-2-4-9(14)5-3-8/h2-6H,7,14H2,1H3. The minimum Gasteiger partial charge on any atom is -0.399 e. The number of hydrogen-bond acceptors (Lipinski definition) is 7. The van der Waals surface area contributed by atoms with Crippen molar-refractivity contribution in [3.63, 3.8) is 0 Å². The van der Waals surface area contributed by atoms with Gasteiger partial charge in [-0.25, -0.2) is 0 Å². The molecule has 2 heterocycles. The van der Waals surface area contributed by atoms with E-state index in [4.69, 9.17) is 19.5 Å². The number of nitrogen functional groups attached to an aromatic ring is 1. The van der Waals surface area contributed by atoms with Crippen LogP contribution >= 0.6 is 0 Å². The number of hydrogen-bond donors (Lipinski definition) is 1. The first-order valence-corrected chi connectivity index (χ1v) is 5.91. The molecule has 0 fully saturated rings. The second-order valence-electron chi connectivity index (χ2n) is 4.16. The molecule has 0 amide bonds. The molecule has 2 aromatic heterocycles. The highest BCUT2D eigenvalue weighted by molar-refractivity contribution is 5.60. The molecule has 0 saturated carbocycles. The Hall–Kier alpha value is -2.67. The quantitative estimate of drug-likeness (QED) is 0.726. The normalized spacial score (nSPS) is 10.8. The zero-order valence-electron chi connectivity index (χ0n) is 10.7. The van der Waals surface area contributed by atoms with Gasteiger partial charge in [-0.1, -0.05) is 10.3 Å². The number of nitrogens with zero attached hydrogens (tertiary/aromatic N) is 3. The maximum Gasteiger partial charge on any atom is 0.280 e. The Morgan fingerprint density at radius 1 is 1.15 bits per heavy atom. The third kappa shape index (κ3) is 2.39. The topological polar surface area (TPSA) is 100 Å². The van der Waals surface area contributed by atoms with Gasteiger partial charge in [-0.05, 0) is 24.3 Å². The average Bonchev–Trinajstić information content (AvgIpc) is 3.08. The summed E-state index contributed by atoms with van der Waals surface area (Å²) in [5.74, 6) is 1.36. The van der Waals surface area contributed by atoms with E-state index >= 15 is 0 Å². The molecule has 20 heavy (non-hydrogen) atoms. The molecule has 7 nitrogen and oxygen atoms in total. The van der Waals surface area contributed by atoms with Crippen LogP contribution in [0.2, 0.25) is 0 Å². The maximum atomic E-state index is 5.63. The van der Waals surface area contributed by atoms with Crippen molar-refractivity contribution in [2.45, 2.75) is 6.61 Å². The van der Waals surface area contributed by atoms with Gasteiger partial charge in [0.2, 0.25) is 5.82 Å². The molecule has 0 aliphatic rings. The van der Waals surface area contributed by atoms with Crippen molar-refractivity contribution >= 4 is 5.69 Å². The molecule has 0 saturated heterocycles. The van der Waals surface area contributed by atoms with Gasteiger partial charge in [0.15, 0.2) is 11.5 Å². The summed E-state index contributed by atoms with van der Waals surface area (Å²) in [6, 6.07) is 8.90. The van der Waals surface area contributed by atoms with Crippen LogP contribution in [0.4, 0.5) is 5.69 Å². The van der Waals surface area contributed by atoms with Gasteiger partial charge in [0.1, 0.15) is 6.61 Å². The number of rotatable bonds is 4. The molecular weight excluding hydrogens is 260 g/mol. The van der Waals surface area contributed by atoms with E-state index < -0.39 is 0 Å². The molecule has 0 unspecified atom stereocenters. The van der Waals surface area contributed by atoms with E-state index in [1.54, 1.807) is 25.3 Å². The molecule has 1 aromatic carbocycles. The summed E-state index contributed by atoms with van der Waals surface area (Å²) in [5.41, 5.74) is 7.61. The summed E-state index contributed by atoms with van der Waals surface area (Å²) in [7, 11) is 1.58. The van der Waals surface area contributed by atoms with E-state index in [0.717, 1.165) is 5.56 Å². The van der Waals surface area contributed by atoms with Crippen LogP contribution in [0.5, 0.6) is 0 Å². The zero-order chi connectivity index (χ0) is 13.9. The predicted octanol–water partition coefficient (Wildman–Crippen LogP) is 2.12. The maximum absolute atomic E-state index is 5.63. The molecule has 0 atom stereocenters. The summed E-state index contributed by atoms with van der Waals surface area (Å²) in [4.78, 5) is 4.27. The SMILES string of the molecule is COCc1cc(-c2nc(-c3ccc(N)cc3)no2)no1. The van der Waals surface area contributed by atoms with Crippen molar-refractivity contribution in [2.75, 3.05) is 12.8 Å². The van der Waals surface area contributed by atoms with Crippen molar-refractivity contribution in [3.05, 3.63) is 36.1 Å². The van der Waals surface area contributed by atoms with E-state index in [0.29, 0.717) is 35.5 Å². The first-order chi connectivity index (χ1) is 9.76. The lowest BCUT2D eigenvalue weighted by atomic mass is 10.2. The third-order valence-electron chi connectivity index (χ3n) is 2.66. The lowest BCUT2D eigenvalue weighted by molar-refractivity contribution is 0.156. The molecule has 7 heteroatoms. The van der Waals surface area contributed by atoms with Crippen LogP contribution in [-0.2, 0) is 11.3 Å². The van der Waals surface area contributed by atoms with Crippen LogP contribution in [0, 0.1) is 0 Å². The largest absolute Gasteiger partial charge is 0.399 e. The van der Waals surface area contributed by atoms with E-state index in [1.165, 1.54) is 0 Å². The van der Waals surface area contributed by atoms with Gasteiger partial charge in [-0.15, -0.1) is 0 Å². The van der Waals surface area contributed by atoms with E-state index in [2.05, 4.69) is 15.3 Å². The van der Waals surface area contributed by atoms with E-state index in [-0.39, 0.29) is 0 Å². The molecule has 3 aromatic rings. The molecular formula is C13H12N4O3. The van der Waals surface area contributed by atoms with Crippen LogP contribution in [0.15, 0.2) is 39.4 Å². The second kappa shape index (κ2) is 5.14. The number of ether oxygens (including phenoxy) is 1. The van der Waals surface area contributed by atoms with Gasteiger partial charge in [0.05, 0.1) is 0 Å².